The average molecular weight is 359 g/mol. The van der Waals surface area contributed by atoms with E-state index in [9.17, 15) is 19.1 Å². The number of carboxylic acid groups (broad SMARTS) is 1. The molecule has 2 atom stereocenters. The van der Waals surface area contributed by atoms with Crippen molar-refractivity contribution in [2.45, 2.75) is 25.7 Å². The summed E-state index contributed by atoms with van der Waals surface area (Å²) < 4.78 is 13.4. The first-order valence-electron chi connectivity index (χ1n) is 9.01. The Morgan fingerprint density at radius 1 is 1.42 bits per heavy atom. The molecule has 26 heavy (non-hydrogen) atoms. The van der Waals surface area contributed by atoms with E-state index in [2.05, 4.69) is 10.3 Å². The third-order valence-corrected chi connectivity index (χ3v) is 5.98. The fraction of sp³-hybridized carbons (Fsp3) is 0.474. The molecule has 3 N–H and O–H groups in total. The van der Waals surface area contributed by atoms with Crippen LogP contribution < -0.4 is 5.32 Å². The van der Waals surface area contributed by atoms with Gasteiger partial charge in [0.1, 0.15) is 5.82 Å². The average Bonchev–Trinajstić information content (AvgIpc) is 3.27. The van der Waals surface area contributed by atoms with Gasteiger partial charge in [0.15, 0.2) is 0 Å². The van der Waals surface area contributed by atoms with E-state index in [0.717, 1.165) is 29.3 Å². The zero-order valence-electron chi connectivity index (χ0n) is 14.4. The number of halogens is 1. The van der Waals surface area contributed by atoms with Crippen LogP contribution in [-0.4, -0.2) is 46.6 Å². The second-order valence-electron chi connectivity index (χ2n) is 7.42. The number of benzene rings is 1. The van der Waals surface area contributed by atoms with Crippen molar-refractivity contribution >= 4 is 22.9 Å². The van der Waals surface area contributed by atoms with Crippen molar-refractivity contribution in [2.24, 2.45) is 11.3 Å². The van der Waals surface area contributed by atoms with Crippen LogP contribution in [-0.2, 0) is 11.2 Å². The van der Waals surface area contributed by atoms with Gasteiger partial charge in [-0.05, 0) is 48.9 Å². The van der Waals surface area contributed by atoms with Crippen LogP contribution >= 0.6 is 0 Å². The number of H-pyrrole nitrogens is 1. The van der Waals surface area contributed by atoms with Gasteiger partial charge in [0.25, 0.3) is 0 Å². The number of rotatable bonds is 4. The van der Waals surface area contributed by atoms with Gasteiger partial charge in [-0.3, -0.25) is 4.79 Å². The standard InChI is InChI=1S/C19H22FN3O3/c20-14-3-4-16-15(8-14)12(9-22-16)5-7-21-18(26)23-10-13-2-1-6-19(13,11-23)17(24)25/h3-4,8-9,13,22H,1-2,5-7,10-11H2,(H,21,26)(H,24,25)/t13-,19+/m0/s1. The quantitative estimate of drug-likeness (QED) is 0.785. The minimum absolute atomic E-state index is 0.0577. The number of hydrogen-bond donors (Lipinski definition) is 3. The van der Waals surface area contributed by atoms with Crippen LogP contribution in [0.15, 0.2) is 24.4 Å². The third kappa shape index (κ3) is 2.71. The predicted molar refractivity (Wildman–Crippen MR) is 94.3 cm³/mol. The first-order valence-corrected chi connectivity index (χ1v) is 9.01. The molecule has 1 saturated carbocycles. The summed E-state index contributed by atoms with van der Waals surface area (Å²) in [5.74, 6) is -1.01. The Labute approximate surface area is 150 Å². The van der Waals surface area contributed by atoms with Crippen molar-refractivity contribution in [3.8, 4) is 0 Å². The van der Waals surface area contributed by atoms with Crippen molar-refractivity contribution < 1.29 is 19.1 Å². The number of carboxylic acids is 1. The van der Waals surface area contributed by atoms with Crippen LogP contribution in [0.2, 0.25) is 0 Å². The molecule has 1 saturated heterocycles. The summed E-state index contributed by atoms with van der Waals surface area (Å²) in [5, 5.41) is 13.3. The Kier molecular flexibility index (Phi) is 4.09. The summed E-state index contributed by atoms with van der Waals surface area (Å²) in [5.41, 5.74) is 1.05. The maximum absolute atomic E-state index is 13.4. The van der Waals surface area contributed by atoms with Crippen LogP contribution in [0, 0.1) is 17.2 Å². The Balaban J connectivity index is 1.36. The lowest BCUT2D eigenvalue weighted by atomic mass is 9.81. The largest absolute Gasteiger partial charge is 0.481 e. The molecule has 0 bridgehead atoms. The molecule has 2 fully saturated rings. The van der Waals surface area contributed by atoms with Gasteiger partial charge in [-0.2, -0.15) is 0 Å². The molecule has 1 aliphatic carbocycles. The number of aromatic nitrogens is 1. The van der Waals surface area contributed by atoms with Crippen molar-refractivity contribution in [1.29, 1.82) is 0 Å². The molecule has 138 valence electrons. The molecule has 0 spiro atoms. The van der Waals surface area contributed by atoms with Gasteiger partial charge in [-0.1, -0.05) is 6.42 Å². The van der Waals surface area contributed by atoms with E-state index >= 15 is 0 Å². The molecule has 2 aromatic rings. The monoisotopic (exact) mass is 359 g/mol. The normalized spacial score (nSPS) is 24.8. The van der Waals surface area contributed by atoms with Gasteiger partial charge in [0.05, 0.1) is 5.41 Å². The number of carbonyl (C=O) groups excluding carboxylic acids is 1. The molecule has 2 heterocycles. The maximum Gasteiger partial charge on any atom is 0.317 e. The molecule has 1 aromatic heterocycles. The SMILES string of the molecule is O=C(NCCc1c[nH]c2ccc(F)cc12)N1C[C@@H]2CCC[C@@]2(C(=O)O)C1. The summed E-state index contributed by atoms with van der Waals surface area (Å²) in [6, 6.07) is 4.38. The van der Waals surface area contributed by atoms with E-state index in [1.54, 1.807) is 11.0 Å². The van der Waals surface area contributed by atoms with E-state index in [4.69, 9.17) is 0 Å². The second kappa shape index (κ2) is 6.30. The van der Waals surface area contributed by atoms with Crippen LogP contribution in [0.3, 0.4) is 0 Å². The molecule has 2 aliphatic rings. The van der Waals surface area contributed by atoms with Gasteiger partial charge in [0.2, 0.25) is 0 Å². The van der Waals surface area contributed by atoms with Crippen molar-refractivity contribution in [2.75, 3.05) is 19.6 Å². The molecule has 0 radical (unpaired) electrons. The smallest absolute Gasteiger partial charge is 0.317 e. The fourth-order valence-electron chi connectivity index (χ4n) is 4.57. The first kappa shape index (κ1) is 16.9. The number of carbonyl (C=O) groups is 2. The molecule has 0 unspecified atom stereocenters. The van der Waals surface area contributed by atoms with E-state index in [0.29, 0.717) is 25.9 Å². The highest BCUT2D eigenvalue weighted by Crippen LogP contribution is 2.48. The lowest BCUT2D eigenvalue weighted by molar-refractivity contribution is -0.149. The molecule has 1 aliphatic heterocycles. The van der Waals surface area contributed by atoms with Crippen LogP contribution in [0.5, 0.6) is 0 Å². The fourth-order valence-corrected chi connectivity index (χ4v) is 4.57. The third-order valence-electron chi connectivity index (χ3n) is 5.98. The van der Waals surface area contributed by atoms with Crippen molar-refractivity contribution in [3.63, 3.8) is 0 Å². The zero-order chi connectivity index (χ0) is 18.3. The number of amides is 2. The van der Waals surface area contributed by atoms with Crippen molar-refractivity contribution in [1.82, 2.24) is 15.2 Å². The van der Waals surface area contributed by atoms with Crippen LogP contribution in [0.25, 0.3) is 10.9 Å². The lowest BCUT2D eigenvalue weighted by Gasteiger charge is -2.23. The molecule has 1 aromatic carbocycles. The minimum atomic E-state index is -0.781. The number of fused-ring (bicyclic) bond motifs is 2. The van der Waals surface area contributed by atoms with Gasteiger partial charge < -0.3 is 20.3 Å². The van der Waals surface area contributed by atoms with Crippen LogP contribution in [0.1, 0.15) is 24.8 Å². The number of likely N-dealkylation sites (tertiary alicyclic amines) is 1. The highest BCUT2D eigenvalue weighted by molar-refractivity contribution is 5.83. The number of aliphatic carboxylic acids is 1. The molecular formula is C19H22FN3O3. The Bertz CT molecular complexity index is 865. The number of hydrogen-bond acceptors (Lipinski definition) is 2. The summed E-state index contributed by atoms with van der Waals surface area (Å²) >= 11 is 0. The van der Waals surface area contributed by atoms with E-state index < -0.39 is 11.4 Å². The van der Waals surface area contributed by atoms with Crippen LogP contribution in [0.4, 0.5) is 9.18 Å². The summed E-state index contributed by atoms with van der Waals surface area (Å²) in [4.78, 5) is 28.9. The number of nitrogens with one attached hydrogen (secondary N) is 2. The second-order valence-corrected chi connectivity index (χ2v) is 7.42. The summed E-state index contributed by atoms with van der Waals surface area (Å²) in [6.45, 7) is 1.22. The first-order chi connectivity index (χ1) is 12.5. The van der Waals surface area contributed by atoms with E-state index in [1.807, 2.05) is 6.20 Å². The number of nitrogens with zero attached hydrogens (tertiary/aromatic N) is 1. The number of aromatic amines is 1. The maximum atomic E-state index is 13.4. The topological polar surface area (TPSA) is 85.4 Å². The predicted octanol–water partition coefficient (Wildman–Crippen LogP) is 2.75. The highest BCUT2D eigenvalue weighted by Gasteiger charge is 2.55. The van der Waals surface area contributed by atoms with Gasteiger partial charge in [-0.15, -0.1) is 0 Å². The summed E-state index contributed by atoms with van der Waals surface area (Å²) in [6.07, 6.45) is 4.85. The number of urea groups is 1. The Morgan fingerprint density at radius 2 is 2.27 bits per heavy atom. The lowest BCUT2D eigenvalue weighted by Crippen LogP contribution is -2.42. The molecule has 6 nitrogen and oxygen atoms in total. The molecular weight excluding hydrogens is 337 g/mol. The molecule has 2 amide bonds. The van der Waals surface area contributed by atoms with E-state index in [-0.39, 0.29) is 24.3 Å². The van der Waals surface area contributed by atoms with E-state index in [1.165, 1.54) is 12.1 Å². The summed E-state index contributed by atoms with van der Waals surface area (Å²) in [7, 11) is 0. The van der Waals surface area contributed by atoms with Gasteiger partial charge >= 0.3 is 12.0 Å². The molecule has 4 rings (SSSR count). The minimum Gasteiger partial charge on any atom is -0.481 e. The highest BCUT2D eigenvalue weighted by atomic mass is 19.1. The molecule has 7 heteroatoms. The van der Waals surface area contributed by atoms with Gasteiger partial charge in [-0.25, -0.2) is 9.18 Å². The zero-order valence-corrected chi connectivity index (χ0v) is 14.4. The Hall–Kier alpha value is -2.57. The van der Waals surface area contributed by atoms with Gasteiger partial charge in [0, 0.05) is 36.7 Å². The Morgan fingerprint density at radius 3 is 3.04 bits per heavy atom. The van der Waals surface area contributed by atoms with Crippen molar-refractivity contribution in [3.05, 3.63) is 35.8 Å².